The Morgan fingerprint density at radius 3 is 2.22 bits per heavy atom. The number of ether oxygens (including phenoxy) is 1. The maximum atomic E-state index is 12.4. The average molecular weight is 722 g/mol. The lowest BCUT2D eigenvalue weighted by Crippen LogP contribution is -2.49. The molecule has 282 valence electrons. The largest absolute Gasteiger partial charge is 0.426 e. The molecule has 0 spiro atoms. The predicted molar refractivity (Wildman–Crippen MR) is 218 cm³/mol. The summed E-state index contributed by atoms with van der Waals surface area (Å²) in [5, 5.41) is 19.1. The summed E-state index contributed by atoms with van der Waals surface area (Å²) in [6.45, 7) is 19.3. The molecular formula is C44H64FNO4S. The van der Waals surface area contributed by atoms with Crippen molar-refractivity contribution in [1.82, 2.24) is 0 Å². The molecule has 2 saturated heterocycles. The SMILES string of the molecule is C/C=C\C.C=C/C=C\C=C/C.CC.CC1=CC(OSCC2CC(O)CCO2)=C(C2CCN2c2ccccc2)CC1.CCC(O)c1ccc(F)cc1. The van der Waals surface area contributed by atoms with Gasteiger partial charge in [0, 0.05) is 25.3 Å². The van der Waals surface area contributed by atoms with Gasteiger partial charge in [-0.2, -0.15) is 0 Å². The van der Waals surface area contributed by atoms with Crippen LogP contribution >= 0.6 is 12.0 Å². The number of benzene rings is 2. The quantitative estimate of drug-likeness (QED) is 0.145. The fourth-order valence-electron chi connectivity index (χ4n) is 5.25. The number of nitrogens with zero attached hydrogens (tertiary/aromatic N) is 1. The molecule has 1 aliphatic carbocycles. The summed E-state index contributed by atoms with van der Waals surface area (Å²) in [5.41, 5.74) is 4.87. The molecule has 2 fully saturated rings. The molecule has 4 atom stereocenters. The number of para-hydroxylation sites is 1. The Hall–Kier alpha value is -3.36. The van der Waals surface area contributed by atoms with Gasteiger partial charge in [-0.3, -0.25) is 0 Å². The normalized spacial score (nSPS) is 20.3. The lowest BCUT2D eigenvalue weighted by Gasteiger charge is -2.45. The van der Waals surface area contributed by atoms with E-state index in [9.17, 15) is 14.6 Å². The number of hydrogen-bond donors (Lipinski definition) is 2. The van der Waals surface area contributed by atoms with Crippen LogP contribution in [0.5, 0.6) is 0 Å². The van der Waals surface area contributed by atoms with Crippen LogP contribution in [-0.4, -0.2) is 47.4 Å². The molecule has 0 bridgehead atoms. The van der Waals surface area contributed by atoms with Crippen molar-refractivity contribution < 1.29 is 23.5 Å². The molecular weight excluding hydrogens is 658 g/mol. The molecule has 2 aromatic rings. The minimum atomic E-state index is -0.462. The van der Waals surface area contributed by atoms with E-state index < -0.39 is 6.10 Å². The Balaban J connectivity index is 0.000000445. The second-order valence-electron chi connectivity index (χ2n) is 12.0. The number of aliphatic hydroxyl groups excluding tert-OH is 2. The number of aliphatic hydroxyl groups is 2. The summed E-state index contributed by atoms with van der Waals surface area (Å²) in [6.07, 6.45) is 20.6. The minimum absolute atomic E-state index is 0.0842. The molecule has 7 heteroatoms. The van der Waals surface area contributed by atoms with Crippen LogP contribution in [0.1, 0.15) is 98.7 Å². The minimum Gasteiger partial charge on any atom is -0.426 e. The summed E-state index contributed by atoms with van der Waals surface area (Å²) in [4.78, 5) is 2.48. The Morgan fingerprint density at radius 1 is 0.980 bits per heavy atom. The zero-order chi connectivity index (χ0) is 37.9. The fraction of sp³-hybridized carbons (Fsp3) is 0.455. The van der Waals surface area contributed by atoms with Crippen molar-refractivity contribution in [3.8, 4) is 0 Å². The van der Waals surface area contributed by atoms with Crippen LogP contribution in [0.4, 0.5) is 10.1 Å². The van der Waals surface area contributed by atoms with Gasteiger partial charge in [0.2, 0.25) is 0 Å². The van der Waals surface area contributed by atoms with Crippen LogP contribution in [0.25, 0.3) is 0 Å². The molecule has 0 radical (unpaired) electrons. The van der Waals surface area contributed by atoms with Crippen LogP contribution in [0.2, 0.25) is 0 Å². The number of rotatable bonds is 10. The summed E-state index contributed by atoms with van der Waals surface area (Å²) < 4.78 is 24.3. The lowest BCUT2D eigenvalue weighted by atomic mass is 9.86. The summed E-state index contributed by atoms with van der Waals surface area (Å²) >= 11 is 1.47. The first-order chi connectivity index (χ1) is 24.8. The smallest absolute Gasteiger partial charge is 0.138 e. The van der Waals surface area contributed by atoms with Crippen molar-refractivity contribution in [3.63, 3.8) is 0 Å². The van der Waals surface area contributed by atoms with Gasteiger partial charge in [-0.25, -0.2) is 4.39 Å². The number of anilines is 1. The highest BCUT2D eigenvalue weighted by atomic mass is 32.2. The predicted octanol–water partition coefficient (Wildman–Crippen LogP) is 11.6. The molecule has 5 rings (SSSR count). The highest BCUT2D eigenvalue weighted by Gasteiger charge is 2.34. The fourth-order valence-corrected chi connectivity index (χ4v) is 5.99. The molecule has 0 saturated carbocycles. The van der Waals surface area contributed by atoms with Crippen molar-refractivity contribution in [2.24, 2.45) is 0 Å². The van der Waals surface area contributed by atoms with E-state index in [-0.39, 0.29) is 18.0 Å². The number of allylic oxidation sites excluding steroid dienone is 9. The van der Waals surface area contributed by atoms with Crippen LogP contribution < -0.4 is 4.90 Å². The Labute approximate surface area is 313 Å². The van der Waals surface area contributed by atoms with Crippen molar-refractivity contribution in [1.29, 1.82) is 0 Å². The Kier molecular flexibility index (Phi) is 25.3. The second kappa shape index (κ2) is 28.3. The van der Waals surface area contributed by atoms with Crippen molar-refractivity contribution in [2.45, 2.75) is 111 Å². The topological polar surface area (TPSA) is 62.2 Å². The Morgan fingerprint density at radius 2 is 1.67 bits per heavy atom. The molecule has 4 unspecified atom stereocenters. The van der Waals surface area contributed by atoms with E-state index in [0.29, 0.717) is 25.5 Å². The first-order valence-electron chi connectivity index (χ1n) is 18.5. The van der Waals surface area contributed by atoms with Crippen molar-refractivity contribution in [2.75, 3.05) is 23.8 Å². The first kappa shape index (κ1) is 45.7. The van der Waals surface area contributed by atoms with Gasteiger partial charge in [-0.05, 0) is 101 Å². The maximum absolute atomic E-state index is 12.4. The van der Waals surface area contributed by atoms with E-state index in [4.69, 9.17) is 8.92 Å². The first-order valence-corrected chi connectivity index (χ1v) is 19.4. The van der Waals surface area contributed by atoms with Gasteiger partial charge in [0.15, 0.2) is 0 Å². The Bertz CT molecular complexity index is 1350. The molecule has 0 amide bonds. The number of hydrogen-bond acceptors (Lipinski definition) is 6. The molecule has 3 aliphatic rings. The van der Waals surface area contributed by atoms with Crippen molar-refractivity contribution in [3.05, 3.63) is 138 Å². The maximum Gasteiger partial charge on any atom is 0.138 e. The second-order valence-corrected chi connectivity index (χ2v) is 12.8. The third-order valence-electron chi connectivity index (χ3n) is 8.26. The zero-order valence-electron chi connectivity index (χ0n) is 32.1. The summed E-state index contributed by atoms with van der Waals surface area (Å²) in [7, 11) is 0. The van der Waals surface area contributed by atoms with E-state index in [1.165, 1.54) is 47.4 Å². The van der Waals surface area contributed by atoms with Crippen LogP contribution in [0.15, 0.2) is 127 Å². The molecule has 2 heterocycles. The monoisotopic (exact) mass is 721 g/mol. The van der Waals surface area contributed by atoms with Crippen LogP contribution in [0.3, 0.4) is 0 Å². The molecule has 2 aliphatic heterocycles. The van der Waals surface area contributed by atoms with E-state index in [1.807, 2.05) is 78.0 Å². The van der Waals surface area contributed by atoms with E-state index >= 15 is 0 Å². The highest BCUT2D eigenvalue weighted by molar-refractivity contribution is 7.94. The zero-order valence-corrected chi connectivity index (χ0v) is 33.0. The van der Waals surface area contributed by atoms with E-state index in [1.54, 1.807) is 18.2 Å². The van der Waals surface area contributed by atoms with Gasteiger partial charge in [0.1, 0.15) is 11.6 Å². The molecule has 5 nitrogen and oxygen atoms in total. The number of halogens is 1. The van der Waals surface area contributed by atoms with Crippen molar-refractivity contribution >= 4 is 17.7 Å². The summed E-state index contributed by atoms with van der Waals surface area (Å²) in [5.74, 6) is 1.52. The van der Waals surface area contributed by atoms with Gasteiger partial charge in [-0.1, -0.05) is 106 Å². The van der Waals surface area contributed by atoms with Gasteiger partial charge in [0.25, 0.3) is 0 Å². The average Bonchev–Trinajstić information content (AvgIpc) is 3.14. The van der Waals surface area contributed by atoms with E-state index in [0.717, 1.165) is 42.9 Å². The van der Waals surface area contributed by atoms with Gasteiger partial charge in [0.05, 0.1) is 42.1 Å². The van der Waals surface area contributed by atoms with Gasteiger partial charge < -0.3 is 24.0 Å². The molecule has 2 aromatic carbocycles. The van der Waals surface area contributed by atoms with Gasteiger partial charge in [-0.15, -0.1) is 0 Å². The van der Waals surface area contributed by atoms with Gasteiger partial charge >= 0.3 is 0 Å². The van der Waals surface area contributed by atoms with E-state index in [2.05, 4.69) is 54.8 Å². The molecule has 2 N–H and O–H groups in total. The molecule has 51 heavy (non-hydrogen) atoms. The summed E-state index contributed by atoms with van der Waals surface area (Å²) in [6, 6.07) is 17.0. The third-order valence-corrected chi connectivity index (χ3v) is 9.07. The highest BCUT2D eigenvalue weighted by Crippen LogP contribution is 2.38. The third kappa shape index (κ3) is 18.1. The lowest BCUT2D eigenvalue weighted by molar-refractivity contribution is -0.0321. The molecule has 0 aromatic heterocycles. The van der Waals surface area contributed by atoms with Crippen LogP contribution in [0, 0.1) is 5.82 Å². The van der Waals surface area contributed by atoms with Crippen LogP contribution in [-0.2, 0) is 8.92 Å². The standard InChI is InChI=1S/C22H29NO3S.C9H11FO.C7H10.C4H8.C2H6/c1-16-7-8-20(21-9-11-23(21)17-5-3-2-4-6-17)22(13-16)26-27-15-19-14-18(24)10-12-25-19;1-2-9(11)7-3-5-8(10)6-4-7;1-3-5-7-6-4-2;1-3-4-2;1-2/h2-6,13,18-19,21,24H,7-12,14-15H2,1H3;3-6,9,11H,2H2,1H3;3-7H,1H2,2H3;3-4H,1-2H3;1-2H3/b;;6-4-,7-5-;4-3-;.